The second kappa shape index (κ2) is 8.80. The summed E-state index contributed by atoms with van der Waals surface area (Å²) in [4.78, 5) is 41.4. The van der Waals surface area contributed by atoms with Crippen LogP contribution in [0.2, 0.25) is 0 Å². The monoisotopic (exact) mass is 404 g/mol. The summed E-state index contributed by atoms with van der Waals surface area (Å²) in [6.07, 6.45) is 1.93. The number of urea groups is 1. The third-order valence-corrected chi connectivity index (χ3v) is 5.45. The standard InChI is InChI=1S/C21H29FN4O3/c1-13(2)18(24-21(29)23-17-6-4-5-16(22)11-17)20(28)25-9-10-26(14(3)12-25)19(27)15-7-8-15/h4-6,11,13-15,18H,7-10,12H2,1-3H3,(H2,23,24,29). The fourth-order valence-corrected chi connectivity index (χ4v) is 3.63. The lowest BCUT2D eigenvalue weighted by atomic mass is 10.0. The van der Waals surface area contributed by atoms with Gasteiger partial charge < -0.3 is 20.4 Å². The van der Waals surface area contributed by atoms with E-state index < -0.39 is 17.9 Å². The van der Waals surface area contributed by atoms with E-state index >= 15 is 0 Å². The number of hydrogen-bond donors (Lipinski definition) is 2. The second-order valence-corrected chi connectivity index (χ2v) is 8.27. The fourth-order valence-electron chi connectivity index (χ4n) is 3.63. The largest absolute Gasteiger partial charge is 0.337 e. The number of hydrogen-bond acceptors (Lipinski definition) is 3. The molecule has 0 bridgehead atoms. The Hall–Kier alpha value is -2.64. The summed E-state index contributed by atoms with van der Waals surface area (Å²) in [7, 11) is 0. The minimum atomic E-state index is -0.707. The van der Waals surface area contributed by atoms with Crippen molar-refractivity contribution in [2.24, 2.45) is 11.8 Å². The van der Waals surface area contributed by atoms with Gasteiger partial charge in [-0.2, -0.15) is 0 Å². The van der Waals surface area contributed by atoms with Crippen LogP contribution in [0.15, 0.2) is 24.3 Å². The molecule has 1 saturated heterocycles. The minimum absolute atomic E-state index is 0.0465. The number of carbonyl (C=O) groups excluding carboxylic acids is 3. The summed E-state index contributed by atoms with van der Waals surface area (Å²) >= 11 is 0. The van der Waals surface area contributed by atoms with Gasteiger partial charge in [0.1, 0.15) is 11.9 Å². The van der Waals surface area contributed by atoms with E-state index in [0.29, 0.717) is 25.3 Å². The molecule has 2 fully saturated rings. The van der Waals surface area contributed by atoms with Crippen molar-refractivity contribution in [1.29, 1.82) is 0 Å². The van der Waals surface area contributed by atoms with E-state index in [0.717, 1.165) is 12.8 Å². The lowest BCUT2D eigenvalue weighted by Crippen LogP contribution is -2.60. The normalized spacial score (nSPS) is 20.4. The van der Waals surface area contributed by atoms with Crippen molar-refractivity contribution in [2.75, 3.05) is 25.0 Å². The predicted molar refractivity (Wildman–Crippen MR) is 108 cm³/mol. The Balaban J connectivity index is 1.59. The first-order valence-electron chi connectivity index (χ1n) is 10.2. The minimum Gasteiger partial charge on any atom is -0.337 e. The van der Waals surface area contributed by atoms with E-state index in [2.05, 4.69) is 10.6 Å². The van der Waals surface area contributed by atoms with Crippen LogP contribution in [-0.4, -0.2) is 59.4 Å². The Morgan fingerprint density at radius 1 is 1.17 bits per heavy atom. The van der Waals surface area contributed by atoms with Crippen molar-refractivity contribution in [1.82, 2.24) is 15.1 Å². The first kappa shape index (κ1) is 21.1. The fraction of sp³-hybridized carbons (Fsp3) is 0.571. The molecular formula is C21H29FN4O3. The van der Waals surface area contributed by atoms with E-state index in [1.54, 1.807) is 11.0 Å². The summed E-state index contributed by atoms with van der Waals surface area (Å²) in [5, 5.41) is 5.28. The van der Waals surface area contributed by atoms with Crippen molar-refractivity contribution in [3.8, 4) is 0 Å². The highest BCUT2D eigenvalue weighted by Crippen LogP contribution is 2.32. The Bertz CT molecular complexity index is 781. The predicted octanol–water partition coefficient (Wildman–Crippen LogP) is 2.44. The maximum absolute atomic E-state index is 13.3. The van der Waals surface area contributed by atoms with Gasteiger partial charge in [0.2, 0.25) is 11.8 Å². The van der Waals surface area contributed by atoms with Crippen LogP contribution in [-0.2, 0) is 9.59 Å². The zero-order valence-electron chi connectivity index (χ0n) is 17.2. The first-order valence-corrected chi connectivity index (χ1v) is 10.2. The van der Waals surface area contributed by atoms with Crippen LogP contribution in [0.1, 0.15) is 33.6 Å². The van der Waals surface area contributed by atoms with Crippen molar-refractivity contribution in [3.63, 3.8) is 0 Å². The Kier molecular flexibility index (Phi) is 6.39. The van der Waals surface area contributed by atoms with Gasteiger partial charge in [-0.15, -0.1) is 0 Å². The number of carbonyl (C=O) groups is 3. The van der Waals surface area contributed by atoms with Gasteiger partial charge in [0.15, 0.2) is 0 Å². The molecule has 158 valence electrons. The summed E-state index contributed by atoms with van der Waals surface area (Å²) in [6, 6.07) is 4.27. The Morgan fingerprint density at radius 3 is 2.48 bits per heavy atom. The third kappa shape index (κ3) is 5.25. The highest BCUT2D eigenvalue weighted by atomic mass is 19.1. The molecule has 2 aliphatic rings. The molecule has 1 aliphatic heterocycles. The second-order valence-electron chi connectivity index (χ2n) is 8.27. The van der Waals surface area contributed by atoms with Crippen molar-refractivity contribution in [3.05, 3.63) is 30.1 Å². The highest BCUT2D eigenvalue weighted by molar-refractivity contribution is 5.94. The Morgan fingerprint density at radius 2 is 1.90 bits per heavy atom. The number of benzene rings is 1. The molecule has 0 radical (unpaired) electrons. The number of halogens is 1. The van der Waals surface area contributed by atoms with E-state index in [9.17, 15) is 18.8 Å². The molecule has 7 nitrogen and oxygen atoms in total. The van der Waals surface area contributed by atoms with Gasteiger partial charge >= 0.3 is 6.03 Å². The van der Waals surface area contributed by atoms with Gasteiger partial charge in [0.05, 0.1) is 0 Å². The highest BCUT2D eigenvalue weighted by Gasteiger charge is 2.39. The molecule has 29 heavy (non-hydrogen) atoms. The number of anilines is 1. The molecule has 0 aromatic heterocycles. The lowest BCUT2D eigenvalue weighted by Gasteiger charge is -2.41. The molecule has 1 heterocycles. The van der Waals surface area contributed by atoms with Gasteiger partial charge in [-0.1, -0.05) is 19.9 Å². The zero-order chi connectivity index (χ0) is 21.1. The van der Waals surface area contributed by atoms with Gasteiger partial charge in [0, 0.05) is 37.3 Å². The maximum atomic E-state index is 13.3. The van der Waals surface area contributed by atoms with Crippen LogP contribution in [0.25, 0.3) is 0 Å². The van der Waals surface area contributed by atoms with Crippen molar-refractivity contribution < 1.29 is 18.8 Å². The van der Waals surface area contributed by atoms with Gasteiger partial charge in [-0.3, -0.25) is 9.59 Å². The molecule has 2 atom stereocenters. The number of rotatable bonds is 5. The topological polar surface area (TPSA) is 81.8 Å². The molecule has 0 spiro atoms. The lowest BCUT2D eigenvalue weighted by molar-refractivity contribution is -0.144. The first-order chi connectivity index (χ1) is 13.8. The van der Waals surface area contributed by atoms with Crippen LogP contribution < -0.4 is 10.6 Å². The van der Waals surface area contributed by atoms with Crippen LogP contribution in [0, 0.1) is 17.7 Å². The summed E-state index contributed by atoms with van der Waals surface area (Å²) in [5.74, 6) is -0.386. The summed E-state index contributed by atoms with van der Waals surface area (Å²) in [6.45, 7) is 7.10. The molecule has 1 aromatic rings. The zero-order valence-corrected chi connectivity index (χ0v) is 17.2. The number of amides is 4. The average molecular weight is 404 g/mol. The molecule has 1 aliphatic carbocycles. The van der Waals surface area contributed by atoms with Gasteiger partial charge in [-0.05, 0) is 43.9 Å². The molecule has 1 saturated carbocycles. The van der Waals surface area contributed by atoms with E-state index in [1.807, 2.05) is 25.7 Å². The number of piperazine rings is 1. The summed E-state index contributed by atoms with van der Waals surface area (Å²) < 4.78 is 13.3. The van der Waals surface area contributed by atoms with Gasteiger partial charge in [0.25, 0.3) is 0 Å². The molecule has 2 unspecified atom stereocenters. The van der Waals surface area contributed by atoms with Crippen LogP contribution in [0.4, 0.5) is 14.9 Å². The van der Waals surface area contributed by atoms with Crippen LogP contribution in [0.3, 0.4) is 0 Å². The molecule has 1 aromatic carbocycles. The molecule has 4 amide bonds. The maximum Gasteiger partial charge on any atom is 0.319 e. The number of nitrogens with zero attached hydrogens (tertiary/aromatic N) is 2. The molecule has 8 heteroatoms. The molecular weight excluding hydrogens is 375 g/mol. The van der Waals surface area contributed by atoms with E-state index in [1.165, 1.54) is 18.2 Å². The Labute approximate surface area is 170 Å². The third-order valence-electron chi connectivity index (χ3n) is 5.45. The van der Waals surface area contributed by atoms with Crippen LogP contribution >= 0.6 is 0 Å². The van der Waals surface area contributed by atoms with Crippen molar-refractivity contribution >= 4 is 23.5 Å². The van der Waals surface area contributed by atoms with E-state index in [-0.39, 0.29) is 29.7 Å². The summed E-state index contributed by atoms with van der Waals surface area (Å²) in [5.41, 5.74) is 0.318. The van der Waals surface area contributed by atoms with Gasteiger partial charge in [-0.25, -0.2) is 9.18 Å². The van der Waals surface area contributed by atoms with E-state index in [4.69, 9.17) is 0 Å². The van der Waals surface area contributed by atoms with Crippen LogP contribution in [0.5, 0.6) is 0 Å². The number of nitrogens with one attached hydrogen (secondary N) is 2. The smallest absolute Gasteiger partial charge is 0.319 e. The molecule has 2 N–H and O–H groups in total. The van der Waals surface area contributed by atoms with Crippen molar-refractivity contribution in [2.45, 2.75) is 45.7 Å². The molecule has 3 rings (SSSR count). The quantitative estimate of drug-likeness (QED) is 0.791. The SMILES string of the molecule is CC(C)C(NC(=O)Nc1cccc(F)c1)C(=O)N1CCN(C(=O)C2CC2)C(C)C1. The average Bonchev–Trinajstić information content (AvgIpc) is 3.50.